The number of carbonyl (C=O) groups is 3. The van der Waals surface area contributed by atoms with Gasteiger partial charge in [-0.15, -0.1) is 0 Å². The van der Waals surface area contributed by atoms with Crippen LogP contribution >= 0.6 is 0 Å². The summed E-state index contributed by atoms with van der Waals surface area (Å²) >= 11 is 0. The molecule has 3 fully saturated rings. The molecule has 0 bridgehead atoms. The highest BCUT2D eigenvalue weighted by molar-refractivity contribution is 6.01. The molecule has 8 heteroatoms. The van der Waals surface area contributed by atoms with E-state index in [-0.39, 0.29) is 36.4 Å². The van der Waals surface area contributed by atoms with Crippen LogP contribution < -0.4 is 0 Å². The maximum absolute atomic E-state index is 12.6. The summed E-state index contributed by atoms with van der Waals surface area (Å²) in [5.41, 5.74) is -1.97. The van der Waals surface area contributed by atoms with Gasteiger partial charge in [0, 0.05) is 16.7 Å². The standard InChI is InChI=1S/C24H32O8/c1-22-9-7-14(25)11-13(22)5-6-15-16-8-10-24(29,23(16,2)12-17(26)18(15)22)19(20(27)30-3)32-21(28)31-4/h7,9,11,15-19,26,29H,5-6,8,10,12H2,1-4H3/t15-,16-,17-,18+,19+,22-,23-,24-/m0/s1. The molecular weight excluding hydrogens is 416 g/mol. The molecular formula is C24H32O8. The van der Waals surface area contributed by atoms with Crippen molar-refractivity contribution in [2.24, 2.45) is 28.6 Å². The first kappa shape index (κ1) is 23.0. The number of ether oxygens (including phenoxy) is 3. The molecule has 0 spiro atoms. The summed E-state index contributed by atoms with van der Waals surface area (Å²) < 4.78 is 14.6. The second-order valence-electron chi connectivity index (χ2n) is 10.1. The Labute approximate surface area is 187 Å². The summed E-state index contributed by atoms with van der Waals surface area (Å²) in [5.74, 6) is -0.911. The topological polar surface area (TPSA) is 119 Å². The predicted octanol–water partition coefficient (Wildman–Crippen LogP) is 2.32. The SMILES string of the molecule is COC(=O)O[C@H](C(=O)OC)[C@@]1(O)CC[C@H]2[C@@H]3CCC4=CC(=O)C=C[C@]4(C)[C@H]3[C@@H](O)C[C@@]21C. The van der Waals surface area contributed by atoms with E-state index in [1.54, 1.807) is 12.2 Å². The van der Waals surface area contributed by atoms with Gasteiger partial charge in [0.25, 0.3) is 0 Å². The molecule has 2 N–H and O–H groups in total. The largest absolute Gasteiger partial charge is 0.508 e. The quantitative estimate of drug-likeness (QED) is 0.632. The lowest BCUT2D eigenvalue weighted by molar-refractivity contribution is -0.211. The Morgan fingerprint density at radius 3 is 2.56 bits per heavy atom. The van der Waals surface area contributed by atoms with Crippen molar-refractivity contribution in [2.75, 3.05) is 14.2 Å². The molecule has 3 saturated carbocycles. The number of hydrogen-bond acceptors (Lipinski definition) is 8. The van der Waals surface area contributed by atoms with Gasteiger partial charge in [0.2, 0.25) is 6.10 Å². The molecule has 0 aliphatic heterocycles. The van der Waals surface area contributed by atoms with Crippen molar-refractivity contribution in [3.05, 3.63) is 23.8 Å². The van der Waals surface area contributed by atoms with Crippen LogP contribution in [0.1, 0.15) is 46.0 Å². The normalized spacial score (nSPS) is 43.3. The lowest BCUT2D eigenvalue weighted by Gasteiger charge is -2.60. The van der Waals surface area contributed by atoms with E-state index in [0.29, 0.717) is 6.42 Å². The molecule has 0 aromatic heterocycles. The molecule has 4 aliphatic rings. The van der Waals surface area contributed by atoms with Gasteiger partial charge in [0.1, 0.15) is 5.60 Å². The third kappa shape index (κ3) is 3.06. The molecule has 8 nitrogen and oxygen atoms in total. The minimum absolute atomic E-state index is 0.00120. The van der Waals surface area contributed by atoms with E-state index in [4.69, 9.17) is 9.47 Å². The van der Waals surface area contributed by atoms with Crippen molar-refractivity contribution in [3.8, 4) is 0 Å². The third-order valence-electron chi connectivity index (χ3n) is 8.94. The van der Waals surface area contributed by atoms with Gasteiger partial charge in [-0.25, -0.2) is 9.59 Å². The number of fused-ring (bicyclic) bond motifs is 5. The summed E-state index contributed by atoms with van der Waals surface area (Å²) in [4.78, 5) is 36.4. The van der Waals surface area contributed by atoms with Crippen LogP contribution in [0.25, 0.3) is 0 Å². The Hall–Kier alpha value is -2.19. The number of rotatable bonds is 3. The molecule has 0 aromatic rings. The predicted molar refractivity (Wildman–Crippen MR) is 112 cm³/mol. The van der Waals surface area contributed by atoms with Crippen LogP contribution in [0.15, 0.2) is 23.8 Å². The number of aliphatic hydroxyl groups excluding tert-OH is 1. The zero-order chi connectivity index (χ0) is 23.5. The highest BCUT2D eigenvalue weighted by Gasteiger charge is 2.70. The van der Waals surface area contributed by atoms with Crippen LogP contribution in [0.4, 0.5) is 4.79 Å². The number of aliphatic hydroxyl groups is 2. The fourth-order valence-electron chi connectivity index (χ4n) is 7.39. The first-order chi connectivity index (χ1) is 15.0. The monoisotopic (exact) mass is 448 g/mol. The van der Waals surface area contributed by atoms with Crippen molar-refractivity contribution < 1.29 is 38.8 Å². The number of ketones is 1. The Kier molecular flexibility index (Phi) is 5.53. The lowest BCUT2D eigenvalue weighted by atomic mass is 9.46. The van der Waals surface area contributed by atoms with Gasteiger partial charge in [0.05, 0.1) is 20.3 Å². The third-order valence-corrected chi connectivity index (χ3v) is 8.94. The maximum Gasteiger partial charge on any atom is 0.508 e. The molecule has 4 aliphatic carbocycles. The molecule has 176 valence electrons. The summed E-state index contributed by atoms with van der Waals surface area (Å²) in [6, 6.07) is 0. The minimum atomic E-state index is -1.71. The van der Waals surface area contributed by atoms with Crippen LogP contribution in [0.5, 0.6) is 0 Å². The average Bonchev–Trinajstić information content (AvgIpc) is 3.02. The maximum atomic E-state index is 12.6. The van der Waals surface area contributed by atoms with Gasteiger partial charge in [-0.05, 0) is 56.1 Å². The Morgan fingerprint density at radius 2 is 1.91 bits per heavy atom. The van der Waals surface area contributed by atoms with Gasteiger partial charge < -0.3 is 24.4 Å². The number of esters is 1. The van der Waals surface area contributed by atoms with Crippen LogP contribution in [0.3, 0.4) is 0 Å². The first-order valence-electron chi connectivity index (χ1n) is 11.2. The van der Waals surface area contributed by atoms with Crippen LogP contribution in [-0.4, -0.2) is 60.1 Å². The first-order valence-corrected chi connectivity index (χ1v) is 11.2. The van der Waals surface area contributed by atoms with E-state index in [1.165, 1.54) is 7.11 Å². The van der Waals surface area contributed by atoms with Crippen molar-refractivity contribution in [3.63, 3.8) is 0 Å². The molecule has 8 atom stereocenters. The molecule has 0 radical (unpaired) electrons. The molecule has 32 heavy (non-hydrogen) atoms. The van der Waals surface area contributed by atoms with Gasteiger partial charge in [-0.3, -0.25) is 4.79 Å². The van der Waals surface area contributed by atoms with E-state index in [2.05, 4.69) is 11.7 Å². The fraction of sp³-hybridized carbons (Fsp3) is 0.708. The number of carbonyl (C=O) groups excluding carboxylic acids is 3. The van der Waals surface area contributed by atoms with Crippen LogP contribution in [0, 0.1) is 28.6 Å². The second-order valence-corrected chi connectivity index (χ2v) is 10.1. The zero-order valence-electron chi connectivity index (χ0n) is 19.0. The van der Waals surface area contributed by atoms with E-state index < -0.39 is 40.8 Å². The van der Waals surface area contributed by atoms with Crippen molar-refractivity contribution in [1.82, 2.24) is 0 Å². The highest BCUT2D eigenvalue weighted by Crippen LogP contribution is 2.67. The number of allylic oxidation sites excluding steroid dienone is 4. The van der Waals surface area contributed by atoms with Crippen molar-refractivity contribution in [2.45, 2.75) is 63.8 Å². The second kappa shape index (κ2) is 7.70. The van der Waals surface area contributed by atoms with Gasteiger partial charge in [0.15, 0.2) is 5.78 Å². The summed E-state index contributed by atoms with van der Waals surface area (Å²) in [6.07, 6.45) is 4.40. The van der Waals surface area contributed by atoms with E-state index in [1.807, 2.05) is 13.0 Å². The molecule has 0 aromatic carbocycles. The van der Waals surface area contributed by atoms with Crippen molar-refractivity contribution in [1.29, 1.82) is 0 Å². The zero-order valence-corrected chi connectivity index (χ0v) is 19.0. The summed E-state index contributed by atoms with van der Waals surface area (Å²) in [5, 5.41) is 23.3. The number of hydrogen-bond donors (Lipinski definition) is 2. The number of methoxy groups -OCH3 is 2. The molecule has 0 heterocycles. The van der Waals surface area contributed by atoms with E-state index >= 15 is 0 Å². The van der Waals surface area contributed by atoms with Gasteiger partial charge in [-0.1, -0.05) is 25.5 Å². The molecule has 0 saturated heterocycles. The summed E-state index contributed by atoms with van der Waals surface area (Å²) in [7, 11) is 2.30. The average molecular weight is 449 g/mol. The minimum Gasteiger partial charge on any atom is -0.466 e. The Balaban J connectivity index is 1.72. The Morgan fingerprint density at radius 1 is 1.19 bits per heavy atom. The summed E-state index contributed by atoms with van der Waals surface area (Å²) in [6.45, 7) is 3.94. The van der Waals surface area contributed by atoms with Crippen LogP contribution in [-0.2, 0) is 23.8 Å². The van der Waals surface area contributed by atoms with Gasteiger partial charge in [-0.2, -0.15) is 0 Å². The van der Waals surface area contributed by atoms with E-state index in [9.17, 15) is 24.6 Å². The molecule has 0 amide bonds. The Bertz CT molecular complexity index is 892. The van der Waals surface area contributed by atoms with E-state index in [0.717, 1.165) is 25.5 Å². The molecule has 4 rings (SSSR count). The van der Waals surface area contributed by atoms with Gasteiger partial charge >= 0.3 is 12.1 Å². The highest BCUT2D eigenvalue weighted by atomic mass is 16.7. The lowest BCUT2D eigenvalue weighted by Crippen LogP contribution is -2.64. The smallest absolute Gasteiger partial charge is 0.466 e. The van der Waals surface area contributed by atoms with Crippen LogP contribution in [0.2, 0.25) is 0 Å². The fourth-order valence-corrected chi connectivity index (χ4v) is 7.39. The van der Waals surface area contributed by atoms with Crippen molar-refractivity contribution >= 4 is 17.9 Å². The molecule has 0 unspecified atom stereocenters.